The number of fused-ring (bicyclic) bond motifs is 1. The summed E-state index contributed by atoms with van der Waals surface area (Å²) in [6.45, 7) is 1.57. The molecule has 0 radical (unpaired) electrons. The van der Waals surface area contributed by atoms with E-state index in [1.807, 2.05) is 0 Å². The molecule has 0 saturated carbocycles. The lowest BCUT2D eigenvalue weighted by Gasteiger charge is -2.13. The van der Waals surface area contributed by atoms with Gasteiger partial charge in [-0.1, -0.05) is 6.92 Å². The van der Waals surface area contributed by atoms with Gasteiger partial charge in [0.2, 0.25) is 5.91 Å². The normalized spacial score (nSPS) is 12.3. The van der Waals surface area contributed by atoms with Gasteiger partial charge in [-0.3, -0.25) is 13.9 Å². The molecule has 0 aromatic heterocycles. The third kappa shape index (κ3) is 3.48. The predicted molar refractivity (Wildman–Crippen MR) is 84.2 cm³/mol. The number of hydrogen-bond acceptors (Lipinski definition) is 6. The van der Waals surface area contributed by atoms with Gasteiger partial charge in [-0.25, -0.2) is 0 Å². The van der Waals surface area contributed by atoms with Crippen molar-refractivity contribution in [2.24, 2.45) is 0 Å². The van der Waals surface area contributed by atoms with Crippen molar-refractivity contribution in [1.82, 2.24) is 0 Å². The number of carbonyl (C=O) groups is 1. The molecule has 1 amide bonds. The summed E-state index contributed by atoms with van der Waals surface area (Å²) in [5, 5.41) is 11.9. The minimum atomic E-state index is -4.76. The minimum absolute atomic E-state index is 0.0173. The molecule has 9 nitrogen and oxygen atoms in total. The second kappa shape index (κ2) is 6.02. The first kappa shape index (κ1) is 18.1. The Morgan fingerprint density at radius 1 is 1.08 bits per heavy atom. The fourth-order valence-electron chi connectivity index (χ4n) is 2.13. The van der Waals surface area contributed by atoms with E-state index in [4.69, 9.17) is 4.55 Å². The van der Waals surface area contributed by atoms with Gasteiger partial charge in [0, 0.05) is 23.3 Å². The second-order valence-corrected chi connectivity index (χ2v) is 7.64. The predicted octanol–water partition coefficient (Wildman–Crippen LogP) is 1.39. The van der Waals surface area contributed by atoms with Crippen molar-refractivity contribution < 1.29 is 35.8 Å². The van der Waals surface area contributed by atoms with Crippen molar-refractivity contribution >= 4 is 42.6 Å². The van der Waals surface area contributed by atoms with Crippen LogP contribution in [-0.4, -0.2) is 37.0 Å². The molecule has 0 unspecified atom stereocenters. The number of benzene rings is 2. The van der Waals surface area contributed by atoms with Crippen LogP contribution in [-0.2, 0) is 25.0 Å². The topological polar surface area (TPSA) is 158 Å². The zero-order valence-corrected chi connectivity index (χ0v) is 13.8. The summed E-state index contributed by atoms with van der Waals surface area (Å²) in [5.74, 6) is -1.13. The lowest BCUT2D eigenvalue weighted by atomic mass is 10.1. The first-order valence-corrected chi connectivity index (χ1v) is 9.37. The summed E-state index contributed by atoms with van der Waals surface area (Å²) in [6.07, 6.45) is 0.103. The molecule has 0 aliphatic carbocycles. The highest BCUT2D eigenvalue weighted by molar-refractivity contribution is 7.86. The molecule has 11 heteroatoms. The van der Waals surface area contributed by atoms with E-state index in [1.54, 1.807) is 6.92 Å². The standard InChI is InChI=1S/C13H13NO8S2/c1-2-12(16)14-9-3-4-11(24(20,21)22)8-5-7(23(17,18)19)6-10(15)13(8)9/h3-6,15H,2H2,1H3,(H,14,16)(H,17,18,19)(H,20,21,22). The largest absolute Gasteiger partial charge is 0.507 e. The third-order valence-electron chi connectivity index (χ3n) is 3.20. The number of nitrogens with one attached hydrogen (secondary N) is 1. The first-order chi connectivity index (χ1) is 10.9. The van der Waals surface area contributed by atoms with E-state index in [0.717, 1.165) is 18.2 Å². The third-order valence-corrected chi connectivity index (χ3v) is 4.94. The van der Waals surface area contributed by atoms with Crippen LogP contribution in [0.5, 0.6) is 5.75 Å². The van der Waals surface area contributed by atoms with E-state index in [1.165, 1.54) is 0 Å². The molecule has 0 aliphatic heterocycles. The molecular weight excluding hydrogens is 362 g/mol. The Labute approximate surface area is 137 Å². The number of hydrogen-bond donors (Lipinski definition) is 4. The highest BCUT2D eigenvalue weighted by Crippen LogP contribution is 2.38. The van der Waals surface area contributed by atoms with E-state index in [2.05, 4.69) is 5.32 Å². The minimum Gasteiger partial charge on any atom is -0.507 e. The van der Waals surface area contributed by atoms with Gasteiger partial charge in [0.1, 0.15) is 10.6 Å². The van der Waals surface area contributed by atoms with E-state index in [-0.39, 0.29) is 22.9 Å². The van der Waals surface area contributed by atoms with E-state index < -0.39 is 41.7 Å². The molecule has 0 fully saturated rings. The van der Waals surface area contributed by atoms with Crippen LogP contribution in [0.25, 0.3) is 10.8 Å². The van der Waals surface area contributed by atoms with Gasteiger partial charge in [0.15, 0.2) is 0 Å². The van der Waals surface area contributed by atoms with Crippen LogP contribution in [0.2, 0.25) is 0 Å². The monoisotopic (exact) mass is 375 g/mol. The summed E-state index contributed by atoms with van der Waals surface area (Å²) in [5.41, 5.74) is 0.0173. The van der Waals surface area contributed by atoms with Crippen LogP contribution < -0.4 is 5.32 Å². The van der Waals surface area contributed by atoms with Crippen molar-refractivity contribution in [1.29, 1.82) is 0 Å². The SMILES string of the molecule is CCC(=O)Nc1ccc(S(=O)(=O)O)c2cc(S(=O)(=O)O)cc(O)c12. The van der Waals surface area contributed by atoms with Crippen LogP contribution in [0, 0.1) is 0 Å². The molecule has 130 valence electrons. The van der Waals surface area contributed by atoms with E-state index >= 15 is 0 Å². The summed E-state index contributed by atoms with van der Waals surface area (Å²) < 4.78 is 63.9. The van der Waals surface area contributed by atoms with Crippen molar-refractivity contribution in [3.8, 4) is 5.75 Å². The lowest BCUT2D eigenvalue weighted by molar-refractivity contribution is -0.115. The molecule has 0 saturated heterocycles. The van der Waals surface area contributed by atoms with Crippen molar-refractivity contribution in [2.45, 2.75) is 23.1 Å². The van der Waals surface area contributed by atoms with Crippen molar-refractivity contribution in [3.05, 3.63) is 24.3 Å². The Morgan fingerprint density at radius 2 is 1.71 bits per heavy atom. The maximum absolute atomic E-state index is 11.5. The van der Waals surface area contributed by atoms with Gasteiger partial charge >= 0.3 is 0 Å². The average molecular weight is 375 g/mol. The van der Waals surface area contributed by atoms with E-state index in [9.17, 15) is 31.3 Å². The van der Waals surface area contributed by atoms with Crippen LogP contribution in [0.1, 0.15) is 13.3 Å². The van der Waals surface area contributed by atoms with Crippen LogP contribution in [0.15, 0.2) is 34.1 Å². The Morgan fingerprint density at radius 3 is 2.21 bits per heavy atom. The summed E-state index contributed by atoms with van der Waals surface area (Å²) in [6, 6.07) is 3.56. The Bertz CT molecular complexity index is 1040. The molecule has 2 rings (SSSR count). The fourth-order valence-corrected chi connectivity index (χ4v) is 3.33. The van der Waals surface area contributed by atoms with E-state index in [0.29, 0.717) is 6.07 Å². The molecule has 0 spiro atoms. The number of anilines is 1. The first-order valence-electron chi connectivity index (χ1n) is 6.49. The summed E-state index contributed by atoms with van der Waals surface area (Å²) in [7, 11) is -9.50. The highest BCUT2D eigenvalue weighted by Gasteiger charge is 2.22. The zero-order valence-electron chi connectivity index (χ0n) is 12.2. The van der Waals surface area contributed by atoms with Gasteiger partial charge in [0.25, 0.3) is 20.2 Å². The maximum atomic E-state index is 11.5. The van der Waals surface area contributed by atoms with Crippen molar-refractivity contribution in [3.63, 3.8) is 0 Å². The van der Waals surface area contributed by atoms with Crippen LogP contribution in [0.3, 0.4) is 0 Å². The average Bonchev–Trinajstić information content (AvgIpc) is 2.44. The Kier molecular flexibility index (Phi) is 4.55. The molecule has 0 aliphatic rings. The molecule has 2 aromatic rings. The quantitative estimate of drug-likeness (QED) is 0.584. The molecule has 4 N–H and O–H groups in total. The van der Waals surface area contributed by atoms with Gasteiger partial charge in [0.05, 0.1) is 10.6 Å². The molecule has 2 aromatic carbocycles. The summed E-state index contributed by atoms with van der Waals surface area (Å²) >= 11 is 0. The highest BCUT2D eigenvalue weighted by atomic mass is 32.2. The zero-order chi connectivity index (χ0) is 18.3. The van der Waals surface area contributed by atoms with Crippen LogP contribution >= 0.6 is 0 Å². The van der Waals surface area contributed by atoms with Crippen LogP contribution in [0.4, 0.5) is 5.69 Å². The van der Waals surface area contributed by atoms with Crippen molar-refractivity contribution in [2.75, 3.05) is 5.32 Å². The van der Waals surface area contributed by atoms with Gasteiger partial charge < -0.3 is 10.4 Å². The van der Waals surface area contributed by atoms with Gasteiger partial charge in [-0.2, -0.15) is 16.8 Å². The number of phenolic OH excluding ortho intramolecular Hbond substituents is 1. The molecule has 0 bridgehead atoms. The van der Waals surface area contributed by atoms with Gasteiger partial charge in [-0.15, -0.1) is 0 Å². The lowest BCUT2D eigenvalue weighted by Crippen LogP contribution is -2.11. The van der Waals surface area contributed by atoms with Gasteiger partial charge in [-0.05, 0) is 18.2 Å². The Hall–Kier alpha value is -2.21. The number of phenols is 1. The molecular formula is C13H13NO8S2. The molecule has 0 atom stereocenters. The molecule has 24 heavy (non-hydrogen) atoms. The summed E-state index contributed by atoms with van der Waals surface area (Å²) in [4.78, 5) is 10.1. The number of carbonyl (C=O) groups excluding carboxylic acids is 1. The maximum Gasteiger partial charge on any atom is 0.295 e. The smallest absolute Gasteiger partial charge is 0.295 e. The number of aromatic hydroxyl groups is 1. The number of amides is 1. The fraction of sp³-hybridized carbons (Fsp3) is 0.154. The second-order valence-electron chi connectivity index (χ2n) is 4.83. The molecule has 0 heterocycles. The number of rotatable bonds is 4. The Balaban J connectivity index is 2.95.